The van der Waals surface area contributed by atoms with Gasteiger partial charge in [0.2, 0.25) is 0 Å². The van der Waals surface area contributed by atoms with E-state index >= 15 is 0 Å². The van der Waals surface area contributed by atoms with Crippen LogP contribution in [-0.2, 0) is 0 Å². The zero-order chi connectivity index (χ0) is 19.3. The van der Waals surface area contributed by atoms with Gasteiger partial charge in [0, 0.05) is 10.5 Å². The number of anilines is 1. The van der Waals surface area contributed by atoms with Crippen LogP contribution in [0.5, 0.6) is 5.75 Å². The van der Waals surface area contributed by atoms with Gasteiger partial charge in [0.25, 0.3) is 11.6 Å². The van der Waals surface area contributed by atoms with Crippen LogP contribution in [-0.4, -0.2) is 17.4 Å². The second-order valence-corrected chi connectivity index (χ2v) is 7.25. The molecule has 0 aromatic heterocycles. The summed E-state index contributed by atoms with van der Waals surface area (Å²) < 4.78 is 6.51. The standard InChI is InChI=1S/C19H21BrN2O4/c1-12(2)9-10-26-18-8-7-14(20)11-15(18)19(23)21-16-5-4-6-17(13(16)3)22(24)25/h4-8,11-12H,9-10H2,1-3H3,(H,21,23). The van der Waals surface area contributed by atoms with Gasteiger partial charge in [0.1, 0.15) is 5.75 Å². The molecule has 0 spiro atoms. The third-order valence-corrected chi connectivity index (χ3v) is 4.38. The smallest absolute Gasteiger partial charge is 0.274 e. The summed E-state index contributed by atoms with van der Waals surface area (Å²) in [6.45, 7) is 6.32. The molecule has 1 N–H and O–H groups in total. The quantitative estimate of drug-likeness (QED) is 0.483. The Morgan fingerprint density at radius 1 is 1.31 bits per heavy atom. The average molecular weight is 421 g/mol. The molecule has 2 rings (SSSR count). The monoisotopic (exact) mass is 420 g/mol. The summed E-state index contributed by atoms with van der Waals surface area (Å²) >= 11 is 3.36. The minimum atomic E-state index is -0.468. The molecule has 0 saturated carbocycles. The van der Waals surface area contributed by atoms with E-state index in [2.05, 4.69) is 35.1 Å². The number of nitro benzene ring substituents is 1. The summed E-state index contributed by atoms with van der Waals surface area (Å²) in [6.07, 6.45) is 0.876. The molecular weight excluding hydrogens is 400 g/mol. The predicted molar refractivity (Wildman–Crippen MR) is 105 cm³/mol. The van der Waals surface area contributed by atoms with E-state index < -0.39 is 4.92 Å². The van der Waals surface area contributed by atoms with Crippen LogP contribution in [0.4, 0.5) is 11.4 Å². The van der Waals surface area contributed by atoms with Crippen LogP contribution in [0.1, 0.15) is 36.2 Å². The molecule has 0 aliphatic carbocycles. The van der Waals surface area contributed by atoms with Crippen LogP contribution < -0.4 is 10.1 Å². The number of halogens is 1. The van der Waals surface area contributed by atoms with Crippen LogP contribution in [0.2, 0.25) is 0 Å². The number of nitrogens with zero attached hydrogens (tertiary/aromatic N) is 1. The first-order chi connectivity index (χ1) is 12.3. The van der Waals surface area contributed by atoms with Gasteiger partial charge in [-0.15, -0.1) is 0 Å². The molecule has 0 saturated heterocycles. The molecule has 0 radical (unpaired) electrons. The van der Waals surface area contributed by atoms with Crippen molar-refractivity contribution in [2.45, 2.75) is 27.2 Å². The van der Waals surface area contributed by atoms with Crippen molar-refractivity contribution >= 4 is 33.2 Å². The van der Waals surface area contributed by atoms with E-state index in [9.17, 15) is 14.9 Å². The maximum absolute atomic E-state index is 12.7. The third kappa shape index (κ3) is 5.05. The van der Waals surface area contributed by atoms with Crippen LogP contribution in [0, 0.1) is 23.0 Å². The Morgan fingerprint density at radius 2 is 2.04 bits per heavy atom. The lowest BCUT2D eigenvalue weighted by molar-refractivity contribution is -0.385. The highest BCUT2D eigenvalue weighted by molar-refractivity contribution is 9.10. The van der Waals surface area contributed by atoms with E-state index in [-0.39, 0.29) is 11.6 Å². The summed E-state index contributed by atoms with van der Waals surface area (Å²) in [5.41, 5.74) is 1.14. The molecule has 0 heterocycles. The minimum Gasteiger partial charge on any atom is -0.493 e. The van der Waals surface area contributed by atoms with Gasteiger partial charge in [-0.2, -0.15) is 0 Å². The highest BCUT2D eigenvalue weighted by Gasteiger charge is 2.18. The lowest BCUT2D eigenvalue weighted by atomic mass is 10.1. The number of benzene rings is 2. The maximum Gasteiger partial charge on any atom is 0.274 e. The zero-order valence-corrected chi connectivity index (χ0v) is 16.5. The number of nitrogens with one attached hydrogen (secondary N) is 1. The highest BCUT2D eigenvalue weighted by Crippen LogP contribution is 2.28. The van der Waals surface area contributed by atoms with Gasteiger partial charge in [-0.05, 0) is 43.5 Å². The Hall–Kier alpha value is -2.41. The van der Waals surface area contributed by atoms with E-state index in [1.54, 1.807) is 37.3 Å². The number of nitro groups is 1. The normalized spacial score (nSPS) is 10.7. The molecule has 0 bridgehead atoms. The fraction of sp³-hybridized carbons (Fsp3) is 0.316. The fourth-order valence-corrected chi connectivity index (χ4v) is 2.72. The number of ether oxygens (including phenoxy) is 1. The topological polar surface area (TPSA) is 81.5 Å². The Labute approximate surface area is 160 Å². The van der Waals surface area contributed by atoms with Crippen molar-refractivity contribution in [1.82, 2.24) is 0 Å². The van der Waals surface area contributed by atoms with E-state index in [1.807, 2.05) is 0 Å². The van der Waals surface area contributed by atoms with Gasteiger partial charge in [0.15, 0.2) is 0 Å². The lowest BCUT2D eigenvalue weighted by Gasteiger charge is -2.14. The second-order valence-electron chi connectivity index (χ2n) is 6.33. The second kappa shape index (κ2) is 8.80. The molecule has 0 fully saturated rings. The molecule has 0 aliphatic rings. The van der Waals surface area contributed by atoms with E-state index in [0.717, 1.165) is 10.9 Å². The van der Waals surface area contributed by atoms with Gasteiger partial charge in [-0.1, -0.05) is 35.8 Å². The molecule has 2 aromatic rings. The molecular formula is C19H21BrN2O4. The van der Waals surface area contributed by atoms with Gasteiger partial charge in [-0.3, -0.25) is 14.9 Å². The molecule has 26 heavy (non-hydrogen) atoms. The number of carbonyl (C=O) groups is 1. The van der Waals surface area contributed by atoms with Crippen molar-refractivity contribution in [3.63, 3.8) is 0 Å². The first-order valence-electron chi connectivity index (χ1n) is 8.27. The SMILES string of the molecule is Cc1c(NC(=O)c2cc(Br)ccc2OCCC(C)C)cccc1[N+](=O)[O-]. The summed E-state index contributed by atoms with van der Waals surface area (Å²) in [6, 6.07) is 9.80. The average Bonchev–Trinajstić information content (AvgIpc) is 2.57. The highest BCUT2D eigenvalue weighted by atomic mass is 79.9. The number of carbonyl (C=O) groups excluding carboxylic acids is 1. The maximum atomic E-state index is 12.7. The number of rotatable bonds is 7. The predicted octanol–water partition coefficient (Wildman–Crippen LogP) is 5.34. The molecule has 138 valence electrons. The largest absolute Gasteiger partial charge is 0.493 e. The first-order valence-corrected chi connectivity index (χ1v) is 9.06. The van der Waals surface area contributed by atoms with Crippen molar-refractivity contribution in [1.29, 1.82) is 0 Å². The molecule has 0 aliphatic heterocycles. The van der Waals surface area contributed by atoms with Crippen molar-refractivity contribution in [3.8, 4) is 5.75 Å². The minimum absolute atomic E-state index is 0.0366. The van der Waals surface area contributed by atoms with Crippen LogP contribution in [0.3, 0.4) is 0 Å². The molecule has 0 unspecified atom stereocenters. The van der Waals surface area contributed by atoms with Crippen molar-refractivity contribution in [2.75, 3.05) is 11.9 Å². The Kier molecular flexibility index (Phi) is 6.74. The summed E-state index contributed by atoms with van der Waals surface area (Å²) in [7, 11) is 0. The van der Waals surface area contributed by atoms with E-state index in [0.29, 0.717) is 35.1 Å². The molecule has 0 atom stereocenters. The number of hydrogen-bond acceptors (Lipinski definition) is 4. The Morgan fingerprint density at radius 3 is 2.69 bits per heavy atom. The van der Waals surface area contributed by atoms with Crippen molar-refractivity contribution in [3.05, 3.63) is 62.1 Å². The fourth-order valence-electron chi connectivity index (χ4n) is 2.36. The van der Waals surface area contributed by atoms with Crippen LogP contribution >= 0.6 is 15.9 Å². The summed E-state index contributed by atoms with van der Waals surface area (Å²) in [5, 5.41) is 13.8. The molecule has 1 amide bonds. The lowest BCUT2D eigenvalue weighted by Crippen LogP contribution is -2.15. The number of amides is 1. The van der Waals surface area contributed by atoms with Crippen LogP contribution in [0.15, 0.2) is 40.9 Å². The summed E-state index contributed by atoms with van der Waals surface area (Å²) in [4.78, 5) is 23.3. The van der Waals surface area contributed by atoms with Gasteiger partial charge in [-0.25, -0.2) is 0 Å². The van der Waals surface area contributed by atoms with Gasteiger partial charge in [0.05, 0.1) is 28.3 Å². The third-order valence-electron chi connectivity index (χ3n) is 3.89. The van der Waals surface area contributed by atoms with E-state index in [1.165, 1.54) is 6.07 Å². The summed E-state index contributed by atoms with van der Waals surface area (Å²) in [5.74, 6) is 0.596. The number of hydrogen-bond donors (Lipinski definition) is 1. The van der Waals surface area contributed by atoms with Crippen molar-refractivity contribution < 1.29 is 14.5 Å². The Balaban J connectivity index is 2.25. The Bertz CT molecular complexity index is 821. The zero-order valence-electron chi connectivity index (χ0n) is 14.9. The van der Waals surface area contributed by atoms with Crippen LogP contribution in [0.25, 0.3) is 0 Å². The van der Waals surface area contributed by atoms with E-state index in [4.69, 9.17) is 4.74 Å². The molecule has 7 heteroatoms. The van der Waals surface area contributed by atoms with Gasteiger partial charge >= 0.3 is 0 Å². The molecule has 2 aromatic carbocycles. The van der Waals surface area contributed by atoms with Crippen molar-refractivity contribution in [2.24, 2.45) is 5.92 Å². The van der Waals surface area contributed by atoms with Gasteiger partial charge < -0.3 is 10.1 Å². The first kappa shape index (κ1) is 19.9. The molecule has 6 nitrogen and oxygen atoms in total.